The highest BCUT2D eigenvalue weighted by atomic mass is 79.9. The number of benzene rings is 1. The fourth-order valence-electron chi connectivity index (χ4n) is 2.15. The Bertz CT molecular complexity index is 771. The van der Waals surface area contributed by atoms with Crippen LogP contribution in [0.25, 0.3) is 22.4 Å². The highest BCUT2D eigenvalue weighted by Gasteiger charge is 2.17. The van der Waals surface area contributed by atoms with Crippen LogP contribution in [0.2, 0.25) is 0 Å². The molecule has 0 spiro atoms. The normalized spacial score (nSPS) is 12.7. The summed E-state index contributed by atoms with van der Waals surface area (Å²) in [6.07, 6.45) is 0.813. The lowest BCUT2D eigenvalue weighted by molar-refractivity contribution is 0.355. The second-order valence-corrected chi connectivity index (χ2v) is 5.80. The quantitative estimate of drug-likeness (QED) is 0.782. The maximum atomic E-state index is 5.56. The Balaban J connectivity index is 2.02. The van der Waals surface area contributed by atoms with E-state index in [1.807, 2.05) is 37.3 Å². The number of hydrogen-bond acceptors (Lipinski definition) is 5. The van der Waals surface area contributed by atoms with Gasteiger partial charge >= 0.3 is 0 Å². The molecule has 2 aromatic heterocycles. The van der Waals surface area contributed by atoms with Crippen LogP contribution in [0.1, 0.15) is 25.2 Å². The van der Waals surface area contributed by atoms with Gasteiger partial charge in [-0.1, -0.05) is 30.3 Å². The third kappa shape index (κ3) is 2.82. The van der Waals surface area contributed by atoms with Crippen LogP contribution in [0, 0.1) is 0 Å². The first-order chi connectivity index (χ1) is 10.2. The van der Waals surface area contributed by atoms with Crippen LogP contribution >= 0.6 is 15.9 Å². The topological polar surface area (TPSA) is 77.8 Å². The van der Waals surface area contributed by atoms with Gasteiger partial charge in [0.05, 0.1) is 5.52 Å². The van der Waals surface area contributed by atoms with E-state index in [-0.39, 0.29) is 5.92 Å². The number of hydrogen-bond donors (Lipinski definition) is 1. The van der Waals surface area contributed by atoms with Crippen LogP contribution in [-0.4, -0.2) is 21.7 Å². The molecule has 108 valence electrons. The summed E-state index contributed by atoms with van der Waals surface area (Å²) in [5.74, 6) is 1.24. The highest BCUT2D eigenvalue weighted by molar-refractivity contribution is 9.10. The van der Waals surface area contributed by atoms with E-state index in [0.717, 1.165) is 21.8 Å². The summed E-state index contributed by atoms with van der Waals surface area (Å²) in [5.41, 5.74) is 7.15. The van der Waals surface area contributed by atoms with Crippen molar-refractivity contribution in [1.29, 1.82) is 0 Å². The van der Waals surface area contributed by atoms with Gasteiger partial charge in [0.25, 0.3) is 0 Å². The van der Waals surface area contributed by atoms with E-state index in [9.17, 15) is 0 Å². The van der Waals surface area contributed by atoms with Gasteiger partial charge in [0.2, 0.25) is 11.7 Å². The summed E-state index contributed by atoms with van der Waals surface area (Å²) in [6, 6.07) is 9.93. The van der Waals surface area contributed by atoms with Crippen molar-refractivity contribution in [2.24, 2.45) is 5.73 Å². The van der Waals surface area contributed by atoms with Crippen LogP contribution < -0.4 is 5.73 Å². The first-order valence-electron chi connectivity index (χ1n) is 6.78. The maximum Gasteiger partial charge on any atom is 0.229 e. The number of pyridine rings is 1. The van der Waals surface area contributed by atoms with E-state index in [0.29, 0.717) is 24.0 Å². The summed E-state index contributed by atoms with van der Waals surface area (Å²) < 4.78 is 6.17. The molecule has 0 radical (unpaired) electrons. The van der Waals surface area contributed by atoms with Crippen LogP contribution in [0.5, 0.6) is 0 Å². The minimum Gasteiger partial charge on any atom is -0.339 e. The van der Waals surface area contributed by atoms with Gasteiger partial charge < -0.3 is 10.3 Å². The van der Waals surface area contributed by atoms with Gasteiger partial charge in [-0.15, -0.1) is 0 Å². The number of nitrogens with zero attached hydrogens (tertiary/aromatic N) is 3. The van der Waals surface area contributed by atoms with Gasteiger partial charge in [-0.05, 0) is 41.0 Å². The predicted octanol–water partition coefficient (Wildman–Crippen LogP) is 3.50. The van der Waals surface area contributed by atoms with E-state index in [2.05, 4.69) is 31.1 Å². The second kappa shape index (κ2) is 5.91. The summed E-state index contributed by atoms with van der Waals surface area (Å²) in [4.78, 5) is 9.05. The van der Waals surface area contributed by atoms with Crippen molar-refractivity contribution in [1.82, 2.24) is 15.1 Å². The van der Waals surface area contributed by atoms with E-state index >= 15 is 0 Å². The van der Waals surface area contributed by atoms with Crippen LogP contribution in [0.3, 0.4) is 0 Å². The lowest BCUT2D eigenvalue weighted by atomic mass is 10.1. The zero-order chi connectivity index (χ0) is 14.8. The fraction of sp³-hybridized carbons (Fsp3) is 0.267. The number of fused-ring (bicyclic) bond motifs is 1. The molecule has 6 heteroatoms. The number of nitrogens with two attached hydrogens (primary N) is 1. The van der Waals surface area contributed by atoms with E-state index in [1.165, 1.54) is 0 Å². The molecule has 21 heavy (non-hydrogen) atoms. The Morgan fingerprint density at radius 3 is 2.90 bits per heavy atom. The maximum absolute atomic E-state index is 5.56. The smallest absolute Gasteiger partial charge is 0.229 e. The lowest BCUT2D eigenvalue weighted by Crippen LogP contribution is -2.04. The first kappa shape index (κ1) is 14.2. The number of para-hydroxylation sites is 1. The Morgan fingerprint density at radius 1 is 1.29 bits per heavy atom. The van der Waals surface area contributed by atoms with Crippen molar-refractivity contribution in [3.05, 3.63) is 40.7 Å². The third-order valence-electron chi connectivity index (χ3n) is 3.35. The van der Waals surface area contributed by atoms with Crippen molar-refractivity contribution in [2.45, 2.75) is 19.3 Å². The molecule has 1 atom stereocenters. The minimum atomic E-state index is 0.149. The molecule has 0 aliphatic carbocycles. The molecule has 3 aromatic rings. The fourth-order valence-corrected chi connectivity index (χ4v) is 2.66. The van der Waals surface area contributed by atoms with Gasteiger partial charge in [0, 0.05) is 15.8 Å². The molecular formula is C15H15BrN4O. The molecule has 0 bridgehead atoms. The van der Waals surface area contributed by atoms with Crippen molar-refractivity contribution in [3.8, 4) is 11.5 Å². The largest absolute Gasteiger partial charge is 0.339 e. The molecule has 0 saturated heterocycles. The molecular weight excluding hydrogens is 332 g/mol. The summed E-state index contributed by atoms with van der Waals surface area (Å²) in [7, 11) is 0. The Morgan fingerprint density at radius 2 is 2.10 bits per heavy atom. The average molecular weight is 347 g/mol. The number of halogens is 1. The highest BCUT2D eigenvalue weighted by Crippen LogP contribution is 2.29. The first-order valence-corrected chi connectivity index (χ1v) is 7.57. The zero-order valence-electron chi connectivity index (χ0n) is 11.6. The number of aromatic nitrogens is 3. The molecule has 1 aromatic carbocycles. The van der Waals surface area contributed by atoms with Crippen molar-refractivity contribution >= 4 is 26.8 Å². The Hall–Kier alpha value is -1.79. The molecule has 0 aliphatic heterocycles. The van der Waals surface area contributed by atoms with Gasteiger partial charge in [-0.2, -0.15) is 4.98 Å². The summed E-state index contributed by atoms with van der Waals surface area (Å²) >= 11 is 3.53. The molecule has 0 amide bonds. The van der Waals surface area contributed by atoms with Crippen molar-refractivity contribution < 1.29 is 4.52 Å². The standard InChI is InChI=1S/C15H15BrN4O/c1-9(6-7-17)15-19-14(20-21-15)13-11(16)8-10-4-2-3-5-12(10)18-13/h2-5,8-9H,6-7,17H2,1H3. The van der Waals surface area contributed by atoms with E-state index in [4.69, 9.17) is 10.3 Å². The minimum absolute atomic E-state index is 0.149. The third-order valence-corrected chi connectivity index (χ3v) is 3.96. The lowest BCUT2D eigenvalue weighted by Gasteiger charge is -2.03. The summed E-state index contributed by atoms with van der Waals surface area (Å²) in [5, 5.41) is 5.10. The van der Waals surface area contributed by atoms with Crippen LogP contribution in [-0.2, 0) is 0 Å². The molecule has 2 N–H and O–H groups in total. The Kier molecular flexibility index (Phi) is 3.98. The monoisotopic (exact) mass is 346 g/mol. The molecule has 2 heterocycles. The molecule has 3 rings (SSSR count). The molecule has 0 saturated carbocycles. The van der Waals surface area contributed by atoms with Gasteiger partial charge in [0.15, 0.2) is 0 Å². The molecule has 0 aliphatic rings. The van der Waals surface area contributed by atoms with E-state index in [1.54, 1.807) is 0 Å². The van der Waals surface area contributed by atoms with Crippen LogP contribution in [0.4, 0.5) is 0 Å². The van der Waals surface area contributed by atoms with Crippen molar-refractivity contribution in [2.75, 3.05) is 6.54 Å². The van der Waals surface area contributed by atoms with Gasteiger partial charge in [-0.25, -0.2) is 4.98 Å². The van der Waals surface area contributed by atoms with Gasteiger partial charge in [-0.3, -0.25) is 0 Å². The second-order valence-electron chi connectivity index (χ2n) is 4.95. The van der Waals surface area contributed by atoms with E-state index < -0.39 is 0 Å². The zero-order valence-corrected chi connectivity index (χ0v) is 13.2. The average Bonchev–Trinajstić information content (AvgIpc) is 2.96. The SMILES string of the molecule is CC(CCN)c1nc(-c2nc3ccccc3cc2Br)no1. The molecule has 1 unspecified atom stereocenters. The number of rotatable bonds is 4. The molecule has 0 fully saturated rings. The van der Waals surface area contributed by atoms with Crippen molar-refractivity contribution in [3.63, 3.8) is 0 Å². The molecule has 5 nitrogen and oxygen atoms in total. The van der Waals surface area contributed by atoms with Crippen LogP contribution in [0.15, 0.2) is 39.3 Å². The Labute approximate surface area is 130 Å². The predicted molar refractivity (Wildman–Crippen MR) is 84.8 cm³/mol. The van der Waals surface area contributed by atoms with Gasteiger partial charge in [0.1, 0.15) is 5.69 Å². The summed E-state index contributed by atoms with van der Waals surface area (Å²) in [6.45, 7) is 2.61.